The molecule has 4 nitrogen and oxygen atoms in total. The smallest absolute Gasteiger partial charge is 0.0705 e. The lowest BCUT2D eigenvalue weighted by Crippen LogP contribution is -2.18. The maximum atomic E-state index is 2.42. The third kappa shape index (κ3) is 15.6. The topological polar surface area (TPSA) is 13.0 Å². The van der Waals surface area contributed by atoms with Crippen LogP contribution in [0.4, 0.5) is 68.2 Å². The number of anilines is 12. The lowest BCUT2D eigenvalue weighted by Gasteiger charge is -2.34. The molecule has 0 radical (unpaired) electrons. The van der Waals surface area contributed by atoms with Crippen LogP contribution in [0.2, 0.25) is 0 Å². The second kappa shape index (κ2) is 27.8. The molecule has 0 saturated carbocycles. The molecule has 0 N–H and O–H groups in total. The highest BCUT2D eigenvalue weighted by Crippen LogP contribution is 2.49. The van der Waals surface area contributed by atoms with Crippen molar-refractivity contribution in [3.05, 3.63) is 308 Å². The zero-order valence-corrected chi connectivity index (χ0v) is 61.7. The van der Waals surface area contributed by atoms with Gasteiger partial charge in [0.25, 0.3) is 0 Å². The molecule has 0 bridgehead atoms. The molecule has 11 aromatic carbocycles. The summed E-state index contributed by atoms with van der Waals surface area (Å²) in [6.45, 7) is 49.3. The summed E-state index contributed by atoms with van der Waals surface area (Å²) in [6.07, 6.45) is 0. The van der Waals surface area contributed by atoms with E-state index in [0.717, 1.165) is 56.9 Å². The molecular weight excluding hydrogens is 1160 g/mol. The minimum absolute atomic E-state index is 0.0836. The Kier molecular flexibility index (Phi) is 20.1. The van der Waals surface area contributed by atoms with Crippen LogP contribution in [-0.4, -0.2) is 0 Å². The van der Waals surface area contributed by atoms with Crippen LogP contribution in [0, 0.1) is 69.2 Å². The third-order valence-corrected chi connectivity index (χ3v) is 19.0. The molecule has 0 aliphatic heterocycles. The van der Waals surface area contributed by atoms with Gasteiger partial charge in [0.05, 0.1) is 22.7 Å². The molecule has 0 aliphatic rings. The van der Waals surface area contributed by atoms with Crippen LogP contribution in [0.3, 0.4) is 0 Å². The summed E-state index contributed by atoms with van der Waals surface area (Å²) >= 11 is 0. The molecule has 96 heavy (non-hydrogen) atoms. The SMILES string of the molecule is Cc1ccc(N(c2ccc(-c3ccc(N(c4ccc(C)cc4)c4c(C)cc(C(C)(C)C)cc4C)cc3)cc2)c2c(C)cc(C(C)(C)C)cc2C)cc1.Cc1ccc(N(c2ccc(C(C)(C)C)cc2)c2cc(C)c(C)cc2N(c2ccc(C)cc2)c2ccc(C(C)(C)C)cc2)cc1. The quantitative estimate of drug-likeness (QED) is 0.114. The summed E-state index contributed by atoms with van der Waals surface area (Å²) in [6, 6.07) is 86.0. The van der Waals surface area contributed by atoms with Gasteiger partial charge in [-0.2, -0.15) is 0 Å². The van der Waals surface area contributed by atoms with Gasteiger partial charge in [-0.3, -0.25) is 0 Å². The van der Waals surface area contributed by atoms with Gasteiger partial charge < -0.3 is 19.6 Å². The molecule has 11 aromatic rings. The number of nitrogens with zero attached hydrogens (tertiary/aromatic N) is 4. The highest BCUT2D eigenvalue weighted by molar-refractivity contribution is 5.92. The third-order valence-electron chi connectivity index (χ3n) is 19.0. The Morgan fingerprint density at radius 2 is 0.375 bits per heavy atom. The monoisotopic (exact) mass is 1260 g/mol. The van der Waals surface area contributed by atoms with Gasteiger partial charge in [0.15, 0.2) is 0 Å². The van der Waals surface area contributed by atoms with Crippen molar-refractivity contribution in [1.29, 1.82) is 0 Å². The lowest BCUT2D eigenvalue weighted by atomic mass is 9.84. The standard InChI is InChI=1S/C50H56N2.C42H48N2/c1-33-13-21-43(22-14-33)51(47-35(3)29-41(30-36(47)4)49(7,8)9)45-25-17-39(18-26-45)40-19-27-46(28-20-40)52(44-23-15-34(2)16-24-44)48-37(5)31-42(32-38(48)6)50(10,11)12;1-29-11-19-35(20-12-29)43(37-23-15-33(16-24-37)41(5,6)7)39-27-31(3)32(4)28-40(39)44(36-21-13-30(2)14-22-36)38-25-17-34(18-26-38)42(8,9)10/h13-32H,1-12H3;11-28H,1-10H3. The number of hydrogen-bond acceptors (Lipinski definition) is 4. The van der Waals surface area contributed by atoms with E-state index in [0.29, 0.717) is 0 Å². The fourth-order valence-electron chi connectivity index (χ4n) is 12.9. The number of hydrogen-bond donors (Lipinski definition) is 0. The largest absolute Gasteiger partial charge is 0.310 e. The second-order valence-corrected chi connectivity index (χ2v) is 31.2. The Morgan fingerprint density at radius 3 is 0.583 bits per heavy atom. The Hall–Kier alpha value is -9.38. The first kappa shape index (κ1) is 69.4. The lowest BCUT2D eigenvalue weighted by molar-refractivity contribution is 0.589. The van der Waals surface area contributed by atoms with E-state index in [-0.39, 0.29) is 21.7 Å². The second-order valence-electron chi connectivity index (χ2n) is 31.2. The molecule has 492 valence electrons. The fraction of sp³-hybridized carbons (Fsp3) is 0.283. The van der Waals surface area contributed by atoms with Crippen molar-refractivity contribution in [3.63, 3.8) is 0 Å². The van der Waals surface area contributed by atoms with Gasteiger partial charge in [0, 0.05) is 45.5 Å². The average molecular weight is 1270 g/mol. The van der Waals surface area contributed by atoms with E-state index in [1.54, 1.807) is 0 Å². The summed E-state index contributed by atoms with van der Waals surface area (Å²) in [5.74, 6) is 0. The molecular formula is C92H104N4. The van der Waals surface area contributed by atoms with Crippen LogP contribution in [0.15, 0.2) is 231 Å². The summed E-state index contributed by atoms with van der Waals surface area (Å²) < 4.78 is 0. The summed E-state index contributed by atoms with van der Waals surface area (Å²) in [7, 11) is 0. The van der Waals surface area contributed by atoms with E-state index in [1.165, 1.54) is 100 Å². The van der Waals surface area contributed by atoms with Crippen LogP contribution in [0.5, 0.6) is 0 Å². The Morgan fingerprint density at radius 1 is 0.188 bits per heavy atom. The van der Waals surface area contributed by atoms with E-state index < -0.39 is 0 Å². The Bertz CT molecular complexity index is 4130. The van der Waals surface area contributed by atoms with Gasteiger partial charge in [-0.25, -0.2) is 0 Å². The number of benzene rings is 11. The molecule has 0 aromatic heterocycles. The van der Waals surface area contributed by atoms with Gasteiger partial charge in [0.1, 0.15) is 0 Å². The van der Waals surface area contributed by atoms with Crippen LogP contribution in [0.1, 0.15) is 161 Å². The highest BCUT2D eigenvalue weighted by Gasteiger charge is 2.27. The van der Waals surface area contributed by atoms with Gasteiger partial charge >= 0.3 is 0 Å². The Balaban J connectivity index is 0.000000212. The summed E-state index contributed by atoms with van der Waals surface area (Å²) in [4.78, 5) is 9.66. The van der Waals surface area contributed by atoms with E-state index in [4.69, 9.17) is 0 Å². The molecule has 0 unspecified atom stereocenters. The molecule has 0 atom stereocenters. The van der Waals surface area contributed by atoms with Crippen molar-refractivity contribution in [1.82, 2.24) is 0 Å². The zero-order valence-electron chi connectivity index (χ0n) is 61.7. The average Bonchev–Trinajstić information content (AvgIpc) is 0.765. The van der Waals surface area contributed by atoms with Gasteiger partial charge in [-0.15, -0.1) is 0 Å². The first-order valence-electron chi connectivity index (χ1n) is 34.5. The fourth-order valence-corrected chi connectivity index (χ4v) is 12.9. The summed E-state index contributed by atoms with van der Waals surface area (Å²) in [5.41, 5.74) is 34.7. The van der Waals surface area contributed by atoms with Crippen molar-refractivity contribution >= 4 is 68.2 Å². The molecule has 0 aliphatic carbocycles. The maximum absolute atomic E-state index is 2.42. The minimum atomic E-state index is 0.0836. The minimum Gasteiger partial charge on any atom is -0.310 e. The van der Waals surface area contributed by atoms with E-state index in [2.05, 4.69) is 402 Å². The Labute approximate surface area is 578 Å². The molecule has 0 saturated heterocycles. The van der Waals surface area contributed by atoms with E-state index in [1.807, 2.05) is 0 Å². The molecule has 4 heteroatoms. The maximum Gasteiger partial charge on any atom is 0.0705 e. The van der Waals surface area contributed by atoms with E-state index in [9.17, 15) is 0 Å². The van der Waals surface area contributed by atoms with Crippen molar-refractivity contribution in [2.24, 2.45) is 0 Å². The van der Waals surface area contributed by atoms with Crippen molar-refractivity contribution in [3.8, 4) is 11.1 Å². The van der Waals surface area contributed by atoms with E-state index >= 15 is 0 Å². The molecule has 0 fully saturated rings. The van der Waals surface area contributed by atoms with Crippen LogP contribution in [0.25, 0.3) is 11.1 Å². The number of rotatable bonds is 13. The van der Waals surface area contributed by atoms with Crippen molar-refractivity contribution < 1.29 is 0 Å². The van der Waals surface area contributed by atoms with Gasteiger partial charge in [0.2, 0.25) is 0 Å². The van der Waals surface area contributed by atoms with Gasteiger partial charge in [-0.05, 0) is 267 Å². The molecule has 0 amide bonds. The zero-order chi connectivity index (χ0) is 69.3. The first-order valence-corrected chi connectivity index (χ1v) is 34.5. The molecule has 11 rings (SSSR count). The predicted molar refractivity (Wildman–Crippen MR) is 419 cm³/mol. The van der Waals surface area contributed by atoms with Crippen molar-refractivity contribution in [2.75, 3.05) is 19.6 Å². The van der Waals surface area contributed by atoms with Crippen LogP contribution in [-0.2, 0) is 21.7 Å². The molecule has 0 spiro atoms. The first-order chi connectivity index (χ1) is 45.2. The predicted octanol–water partition coefficient (Wildman–Crippen LogP) is 27.2. The molecule has 0 heterocycles. The van der Waals surface area contributed by atoms with Crippen LogP contribution < -0.4 is 19.6 Å². The number of aryl methyl sites for hydroxylation is 10. The summed E-state index contributed by atoms with van der Waals surface area (Å²) in [5, 5.41) is 0. The van der Waals surface area contributed by atoms with Crippen LogP contribution >= 0.6 is 0 Å². The van der Waals surface area contributed by atoms with Crippen molar-refractivity contribution in [2.45, 2.75) is 174 Å². The van der Waals surface area contributed by atoms with Gasteiger partial charge in [-0.1, -0.05) is 227 Å². The normalized spacial score (nSPS) is 11.9. The highest BCUT2D eigenvalue weighted by atomic mass is 15.2.